The number of hydrogen-bond acceptors (Lipinski definition) is 4. The van der Waals surface area contributed by atoms with Crippen molar-refractivity contribution in [1.82, 2.24) is 0 Å². The summed E-state index contributed by atoms with van der Waals surface area (Å²) in [4.78, 5) is 0. The second-order valence-corrected chi connectivity index (χ2v) is 6.80. The highest BCUT2D eigenvalue weighted by Crippen LogP contribution is 2.50. The minimum absolute atomic E-state index is 0.166. The highest BCUT2D eigenvalue weighted by atomic mass is 16.5. The number of aryl methyl sites for hydroxylation is 1. The van der Waals surface area contributed by atoms with Crippen molar-refractivity contribution >= 4 is 5.69 Å². The lowest BCUT2D eigenvalue weighted by atomic mass is 9.80. The molecule has 132 valence electrons. The molecule has 1 fully saturated rings. The molecular weight excluding hydrogens is 314 g/mol. The first-order valence-electron chi connectivity index (χ1n) is 9.00. The quantitative estimate of drug-likeness (QED) is 0.880. The Kier molecular flexibility index (Phi) is 4.30. The minimum Gasteiger partial charge on any atom is -0.493 e. The summed E-state index contributed by atoms with van der Waals surface area (Å²) in [7, 11) is 1.68. The molecule has 2 aromatic carbocycles. The fourth-order valence-electron chi connectivity index (χ4n) is 4.08. The Morgan fingerprint density at radius 3 is 2.84 bits per heavy atom. The van der Waals surface area contributed by atoms with Crippen LogP contribution in [0.15, 0.2) is 36.4 Å². The molecule has 25 heavy (non-hydrogen) atoms. The third-order valence-electron chi connectivity index (χ3n) is 5.24. The molecule has 4 rings (SSSR count). The van der Waals surface area contributed by atoms with Gasteiger partial charge in [-0.3, -0.25) is 0 Å². The van der Waals surface area contributed by atoms with Crippen LogP contribution in [0.5, 0.6) is 11.5 Å². The highest BCUT2D eigenvalue weighted by molar-refractivity contribution is 5.59. The van der Waals surface area contributed by atoms with Gasteiger partial charge in [-0.15, -0.1) is 0 Å². The Balaban J connectivity index is 1.73. The molecule has 2 aromatic rings. The van der Waals surface area contributed by atoms with Crippen molar-refractivity contribution in [3.05, 3.63) is 53.1 Å². The lowest BCUT2D eigenvalue weighted by Gasteiger charge is -2.37. The monoisotopic (exact) mass is 339 g/mol. The normalized spacial score (nSPS) is 24.2. The van der Waals surface area contributed by atoms with E-state index >= 15 is 0 Å². The molecule has 4 nitrogen and oxygen atoms in total. The Morgan fingerprint density at radius 1 is 1.16 bits per heavy atom. The first-order chi connectivity index (χ1) is 12.2. The predicted molar refractivity (Wildman–Crippen MR) is 98.5 cm³/mol. The molecule has 0 bridgehead atoms. The predicted octanol–water partition coefficient (Wildman–Crippen LogP) is 4.65. The van der Waals surface area contributed by atoms with E-state index in [4.69, 9.17) is 14.2 Å². The minimum atomic E-state index is 0.166. The van der Waals surface area contributed by atoms with Crippen LogP contribution in [0.2, 0.25) is 0 Å². The highest BCUT2D eigenvalue weighted by Gasteiger charge is 2.41. The van der Waals surface area contributed by atoms with Crippen LogP contribution in [0.3, 0.4) is 0 Å². The van der Waals surface area contributed by atoms with E-state index in [-0.39, 0.29) is 12.1 Å². The summed E-state index contributed by atoms with van der Waals surface area (Å²) >= 11 is 0. The first-order valence-corrected chi connectivity index (χ1v) is 9.00. The van der Waals surface area contributed by atoms with Gasteiger partial charge in [-0.1, -0.05) is 23.8 Å². The molecule has 0 spiro atoms. The maximum absolute atomic E-state index is 6.12. The summed E-state index contributed by atoms with van der Waals surface area (Å²) in [5.74, 6) is 2.00. The van der Waals surface area contributed by atoms with Crippen molar-refractivity contribution in [2.45, 2.75) is 32.4 Å². The number of benzene rings is 2. The molecule has 2 heterocycles. The van der Waals surface area contributed by atoms with Gasteiger partial charge in [0.15, 0.2) is 11.5 Å². The van der Waals surface area contributed by atoms with E-state index in [0.717, 1.165) is 24.5 Å². The van der Waals surface area contributed by atoms with Gasteiger partial charge in [0, 0.05) is 23.8 Å². The standard InChI is InChI=1S/C21H25NO3/c1-4-24-19-12-14(6-8-18(19)23-3)20-15-9-10-25-21(15)16-11-13(2)5-7-17(16)22-20/h5-8,11-12,15,20-22H,4,9-10H2,1-3H3/t15-,20+,21-/m0/s1. The number of hydrogen-bond donors (Lipinski definition) is 1. The maximum atomic E-state index is 6.12. The molecule has 3 atom stereocenters. The molecule has 0 unspecified atom stereocenters. The zero-order chi connectivity index (χ0) is 17.4. The van der Waals surface area contributed by atoms with Gasteiger partial charge in [0.25, 0.3) is 0 Å². The topological polar surface area (TPSA) is 39.7 Å². The van der Waals surface area contributed by atoms with E-state index in [0.29, 0.717) is 12.5 Å². The zero-order valence-corrected chi connectivity index (χ0v) is 15.0. The lowest BCUT2D eigenvalue weighted by molar-refractivity contribution is 0.0828. The van der Waals surface area contributed by atoms with Crippen molar-refractivity contribution in [3.63, 3.8) is 0 Å². The third kappa shape index (κ3) is 2.85. The van der Waals surface area contributed by atoms with Gasteiger partial charge in [0.2, 0.25) is 0 Å². The lowest BCUT2D eigenvalue weighted by Crippen LogP contribution is -2.29. The van der Waals surface area contributed by atoms with Crippen molar-refractivity contribution in [3.8, 4) is 11.5 Å². The molecule has 4 heteroatoms. The van der Waals surface area contributed by atoms with Crippen LogP contribution >= 0.6 is 0 Å². The van der Waals surface area contributed by atoms with Gasteiger partial charge in [-0.25, -0.2) is 0 Å². The summed E-state index contributed by atoms with van der Waals surface area (Å²) in [5, 5.41) is 3.74. The summed E-state index contributed by atoms with van der Waals surface area (Å²) in [6.07, 6.45) is 1.23. The molecule has 1 saturated heterocycles. The summed E-state index contributed by atoms with van der Waals surface area (Å²) in [6.45, 7) is 5.56. The maximum Gasteiger partial charge on any atom is 0.161 e. The van der Waals surface area contributed by atoms with Crippen LogP contribution in [0.1, 0.15) is 42.2 Å². The van der Waals surface area contributed by atoms with Crippen LogP contribution in [-0.4, -0.2) is 20.3 Å². The van der Waals surface area contributed by atoms with Gasteiger partial charge in [0.05, 0.1) is 25.9 Å². The van der Waals surface area contributed by atoms with Crippen LogP contribution in [-0.2, 0) is 4.74 Å². The summed E-state index contributed by atoms with van der Waals surface area (Å²) in [6, 6.07) is 13.0. The molecule has 0 aliphatic carbocycles. The number of nitrogens with one attached hydrogen (secondary N) is 1. The summed E-state index contributed by atoms with van der Waals surface area (Å²) in [5.41, 5.74) is 4.96. The van der Waals surface area contributed by atoms with E-state index < -0.39 is 0 Å². The van der Waals surface area contributed by atoms with Gasteiger partial charge < -0.3 is 19.5 Å². The average molecular weight is 339 g/mol. The van der Waals surface area contributed by atoms with Crippen molar-refractivity contribution < 1.29 is 14.2 Å². The fraction of sp³-hybridized carbons (Fsp3) is 0.429. The second-order valence-electron chi connectivity index (χ2n) is 6.80. The Bertz CT molecular complexity index is 774. The molecule has 0 amide bonds. The molecule has 2 aliphatic heterocycles. The largest absolute Gasteiger partial charge is 0.493 e. The van der Waals surface area contributed by atoms with Crippen LogP contribution in [0.25, 0.3) is 0 Å². The van der Waals surface area contributed by atoms with Crippen molar-refractivity contribution in [1.29, 1.82) is 0 Å². The molecule has 0 saturated carbocycles. The van der Waals surface area contributed by atoms with Crippen LogP contribution < -0.4 is 14.8 Å². The molecular formula is C21H25NO3. The summed E-state index contributed by atoms with van der Waals surface area (Å²) < 4.78 is 17.3. The number of anilines is 1. The van der Waals surface area contributed by atoms with E-state index in [1.165, 1.54) is 22.4 Å². The number of fused-ring (bicyclic) bond motifs is 3. The van der Waals surface area contributed by atoms with Gasteiger partial charge in [0.1, 0.15) is 0 Å². The Labute approximate surface area is 149 Å². The zero-order valence-electron chi connectivity index (χ0n) is 15.0. The molecule has 1 N–H and O–H groups in total. The number of methoxy groups -OCH3 is 1. The number of ether oxygens (including phenoxy) is 3. The molecule has 2 aliphatic rings. The Hall–Kier alpha value is -2.20. The Morgan fingerprint density at radius 2 is 2.04 bits per heavy atom. The van der Waals surface area contributed by atoms with E-state index in [1.54, 1.807) is 7.11 Å². The van der Waals surface area contributed by atoms with Gasteiger partial charge in [-0.2, -0.15) is 0 Å². The average Bonchev–Trinajstić information content (AvgIpc) is 3.11. The van der Waals surface area contributed by atoms with Crippen LogP contribution in [0.4, 0.5) is 5.69 Å². The molecule has 0 aromatic heterocycles. The van der Waals surface area contributed by atoms with Crippen molar-refractivity contribution in [2.75, 3.05) is 25.6 Å². The smallest absolute Gasteiger partial charge is 0.161 e. The third-order valence-corrected chi connectivity index (χ3v) is 5.24. The van der Waals surface area contributed by atoms with Gasteiger partial charge >= 0.3 is 0 Å². The van der Waals surface area contributed by atoms with Crippen molar-refractivity contribution in [2.24, 2.45) is 5.92 Å². The molecule has 0 radical (unpaired) electrons. The number of rotatable bonds is 4. The van der Waals surface area contributed by atoms with E-state index in [2.05, 4.69) is 42.6 Å². The SMILES string of the molecule is CCOc1cc([C@H]2Nc3ccc(C)cc3[C@H]3OCC[C@@H]23)ccc1OC. The second kappa shape index (κ2) is 6.60. The van der Waals surface area contributed by atoms with E-state index in [1.807, 2.05) is 13.0 Å². The van der Waals surface area contributed by atoms with E-state index in [9.17, 15) is 0 Å². The van der Waals surface area contributed by atoms with Crippen LogP contribution in [0, 0.1) is 12.8 Å². The fourth-order valence-corrected chi connectivity index (χ4v) is 4.08. The van der Waals surface area contributed by atoms with Gasteiger partial charge in [-0.05, 0) is 44.0 Å². The first kappa shape index (κ1) is 16.3.